The number of rotatable bonds is 6. The van der Waals surface area contributed by atoms with Crippen LogP contribution in [-0.2, 0) is 9.47 Å². The molecule has 0 rings (SSSR count). The molecule has 0 saturated heterocycles. The summed E-state index contributed by atoms with van der Waals surface area (Å²) in [6.07, 6.45) is 2.73. The molecule has 0 aliphatic rings. The molecule has 0 unspecified atom stereocenters. The van der Waals surface area contributed by atoms with Gasteiger partial charge in [-0.2, -0.15) is 0 Å². The van der Waals surface area contributed by atoms with Crippen LogP contribution in [0.2, 0.25) is 0 Å². The topological polar surface area (TPSA) is 47.6 Å². The lowest BCUT2D eigenvalue weighted by Crippen LogP contribution is -2.41. The van der Waals surface area contributed by atoms with Crippen LogP contribution in [-0.4, -0.2) is 31.5 Å². The molecule has 0 radical (unpaired) electrons. The molecule has 0 aliphatic carbocycles. The second-order valence-electron chi connectivity index (χ2n) is 4.94. The molecule has 0 heterocycles. The van der Waals surface area contributed by atoms with Crippen LogP contribution in [0.3, 0.4) is 0 Å². The van der Waals surface area contributed by atoms with Crippen molar-refractivity contribution >= 4 is 6.09 Å². The lowest BCUT2D eigenvalue weighted by Gasteiger charge is -2.23. The Hall–Kier alpha value is -0.770. The first kappa shape index (κ1) is 15.2. The van der Waals surface area contributed by atoms with Gasteiger partial charge in [0, 0.05) is 7.11 Å². The van der Waals surface area contributed by atoms with Crippen LogP contribution in [0, 0.1) is 0 Å². The van der Waals surface area contributed by atoms with Gasteiger partial charge in [-0.05, 0) is 27.2 Å². The predicted molar refractivity (Wildman–Crippen MR) is 64.6 cm³/mol. The molecule has 4 nitrogen and oxygen atoms in total. The number of carbonyl (C=O) groups excluding carboxylic acids is 1. The third-order valence-corrected chi connectivity index (χ3v) is 1.99. The van der Waals surface area contributed by atoms with E-state index in [1.165, 1.54) is 0 Å². The van der Waals surface area contributed by atoms with Gasteiger partial charge in [0.05, 0.1) is 12.6 Å². The molecule has 4 heteroatoms. The summed E-state index contributed by atoms with van der Waals surface area (Å²) in [5.74, 6) is 0. The van der Waals surface area contributed by atoms with Crippen molar-refractivity contribution in [2.45, 2.75) is 58.6 Å². The number of unbranched alkanes of at least 4 members (excludes halogenated alkanes) is 1. The highest BCUT2D eigenvalue weighted by atomic mass is 16.6. The first-order chi connectivity index (χ1) is 7.39. The molecule has 16 heavy (non-hydrogen) atoms. The maximum Gasteiger partial charge on any atom is 0.407 e. The summed E-state index contributed by atoms with van der Waals surface area (Å²) in [6.45, 7) is 8.20. The van der Waals surface area contributed by atoms with E-state index in [1.807, 2.05) is 20.8 Å². The van der Waals surface area contributed by atoms with Crippen molar-refractivity contribution in [3.63, 3.8) is 0 Å². The van der Waals surface area contributed by atoms with Gasteiger partial charge in [0.2, 0.25) is 0 Å². The first-order valence-electron chi connectivity index (χ1n) is 5.87. The van der Waals surface area contributed by atoms with Crippen molar-refractivity contribution < 1.29 is 14.3 Å². The number of amides is 1. The van der Waals surface area contributed by atoms with Crippen LogP contribution in [0.15, 0.2) is 0 Å². The highest BCUT2D eigenvalue weighted by molar-refractivity contribution is 5.68. The Balaban J connectivity index is 4.02. The smallest absolute Gasteiger partial charge is 0.407 e. The van der Waals surface area contributed by atoms with E-state index in [4.69, 9.17) is 9.47 Å². The van der Waals surface area contributed by atoms with E-state index in [2.05, 4.69) is 12.2 Å². The molecule has 0 aromatic carbocycles. The second-order valence-corrected chi connectivity index (χ2v) is 4.94. The first-order valence-corrected chi connectivity index (χ1v) is 5.87. The molecule has 0 bridgehead atoms. The summed E-state index contributed by atoms with van der Waals surface area (Å²) in [5.41, 5.74) is -0.452. The van der Waals surface area contributed by atoms with Crippen LogP contribution in [0.1, 0.15) is 47.0 Å². The fourth-order valence-electron chi connectivity index (χ4n) is 1.32. The Bertz CT molecular complexity index is 199. The Morgan fingerprint density at radius 3 is 2.44 bits per heavy atom. The van der Waals surface area contributed by atoms with E-state index in [0.29, 0.717) is 6.61 Å². The highest BCUT2D eigenvalue weighted by Crippen LogP contribution is 2.08. The molecule has 0 aromatic heterocycles. The van der Waals surface area contributed by atoms with E-state index >= 15 is 0 Å². The molecule has 96 valence electrons. The van der Waals surface area contributed by atoms with Crippen molar-refractivity contribution in [2.75, 3.05) is 13.7 Å². The second kappa shape index (κ2) is 7.49. The monoisotopic (exact) mass is 231 g/mol. The molecule has 0 fully saturated rings. The number of carbonyl (C=O) groups is 1. The fraction of sp³-hybridized carbons (Fsp3) is 0.917. The van der Waals surface area contributed by atoms with Crippen molar-refractivity contribution in [1.82, 2.24) is 5.32 Å². The van der Waals surface area contributed by atoms with Gasteiger partial charge in [0.1, 0.15) is 5.60 Å². The largest absolute Gasteiger partial charge is 0.444 e. The van der Waals surface area contributed by atoms with Gasteiger partial charge in [-0.15, -0.1) is 0 Å². The summed E-state index contributed by atoms with van der Waals surface area (Å²) in [7, 11) is 1.63. The minimum Gasteiger partial charge on any atom is -0.444 e. The van der Waals surface area contributed by atoms with Crippen LogP contribution < -0.4 is 5.32 Å². The molecule has 1 N–H and O–H groups in total. The third kappa shape index (κ3) is 8.53. The minimum absolute atomic E-state index is 0.0415. The number of hydrogen-bond donors (Lipinski definition) is 1. The van der Waals surface area contributed by atoms with Gasteiger partial charge in [0.25, 0.3) is 0 Å². The number of nitrogens with one attached hydrogen (secondary N) is 1. The van der Waals surface area contributed by atoms with Crippen molar-refractivity contribution in [2.24, 2.45) is 0 Å². The molecule has 0 spiro atoms. The average Bonchev–Trinajstić information content (AvgIpc) is 2.11. The number of methoxy groups -OCH3 is 1. The standard InChI is InChI=1S/C12H25NO3/c1-6-7-8-10(9-15-5)13-11(14)16-12(2,3)4/h10H,6-9H2,1-5H3,(H,13,14)/t10-/m1/s1. The van der Waals surface area contributed by atoms with Gasteiger partial charge in [-0.1, -0.05) is 19.8 Å². The highest BCUT2D eigenvalue weighted by Gasteiger charge is 2.19. The Morgan fingerprint density at radius 1 is 1.38 bits per heavy atom. The van der Waals surface area contributed by atoms with Gasteiger partial charge < -0.3 is 14.8 Å². The zero-order valence-corrected chi connectivity index (χ0v) is 11.1. The number of alkyl carbamates (subject to hydrolysis) is 1. The summed E-state index contributed by atoms with van der Waals surface area (Å²) in [4.78, 5) is 11.5. The maximum absolute atomic E-state index is 11.5. The minimum atomic E-state index is -0.452. The third-order valence-electron chi connectivity index (χ3n) is 1.99. The average molecular weight is 231 g/mol. The Labute approximate surface area is 98.7 Å². The van der Waals surface area contributed by atoms with Crippen molar-refractivity contribution in [1.29, 1.82) is 0 Å². The molecule has 0 aromatic rings. The lowest BCUT2D eigenvalue weighted by atomic mass is 10.1. The van der Waals surface area contributed by atoms with Crippen molar-refractivity contribution in [3.8, 4) is 0 Å². The molecule has 1 amide bonds. The molecule has 0 aliphatic heterocycles. The fourth-order valence-corrected chi connectivity index (χ4v) is 1.32. The molecular weight excluding hydrogens is 206 g/mol. The SMILES string of the molecule is CCCC[C@H](COC)NC(=O)OC(C)(C)C. The Morgan fingerprint density at radius 2 is 2.00 bits per heavy atom. The van der Waals surface area contributed by atoms with E-state index in [-0.39, 0.29) is 12.1 Å². The van der Waals surface area contributed by atoms with Gasteiger partial charge in [-0.3, -0.25) is 0 Å². The van der Waals surface area contributed by atoms with Crippen LogP contribution in [0.4, 0.5) is 4.79 Å². The van der Waals surface area contributed by atoms with Gasteiger partial charge in [-0.25, -0.2) is 4.79 Å². The molecule has 0 saturated carbocycles. The molecular formula is C12H25NO3. The summed E-state index contributed by atoms with van der Waals surface area (Å²) >= 11 is 0. The van der Waals surface area contributed by atoms with E-state index in [0.717, 1.165) is 19.3 Å². The normalized spacial score (nSPS) is 13.3. The van der Waals surface area contributed by atoms with Crippen LogP contribution in [0.25, 0.3) is 0 Å². The van der Waals surface area contributed by atoms with E-state index < -0.39 is 5.60 Å². The van der Waals surface area contributed by atoms with Crippen LogP contribution >= 0.6 is 0 Å². The predicted octanol–water partition coefficient (Wildman–Crippen LogP) is 2.72. The Kier molecular flexibility index (Phi) is 7.13. The zero-order valence-electron chi connectivity index (χ0n) is 11.1. The number of hydrogen-bond acceptors (Lipinski definition) is 3. The van der Waals surface area contributed by atoms with E-state index in [1.54, 1.807) is 7.11 Å². The maximum atomic E-state index is 11.5. The lowest BCUT2D eigenvalue weighted by molar-refractivity contribution is 0.0463. The zero-order chi connectivity index (χ0) is 12.6. The van der Waals surface area contributed by atoms with Gasteiger partial charge in [0.15, 0.2) is 0 Å². The molecule has 1 atom stereocenters. The summed E-state index contributed by atoms with van der Waals surface area (Å²) < 4.78 is 10.3. The van der Waals surface area contributed by atoms with Crippen molar-refractivity contribution in [3.05, 3.63) is 0 Å². The van der Waals surface area contributed by atoms with Crippen LogP contribution in [0.5, 0.6) is 0 Å². The summed E-state index contributed by atoms with van der Waals surface area (Å²) in [5, 5.41) is 2.82. The quantitative estimate of drug-likeness (QED) is 0.764. The summed E-state index contributed by atoms with van der Waals surface area (Å²) in [6, 6.07) is 0.0415. The van der Waals surface area contributed by atoms with Gasteiger partial charge >= 0.3 is 6.09 Å². The number of ether oxygens (including phenoxy) is 2. The van der Waals surface area contributed by atoms with E-state index in [9.17, 15) is 4.79 Å².